The molecule has 1 heterocycles. The average molecular weight is 428 g/mol. The lowest BCUT2D eigenvalue weighted by Crippen LogP contribution is -2.51. The van der Waals surface area contributed by atoms with Gasteiger partial charge in [0.1, 0.15) is 11.6 Å². The number of carbonyl (C=O) groups is 2. The van der Waals surface area contributed by atoms with E-state index in [9.17, 15) is 14.0 Å². The Morgan fingerprint density at radius 3 is 2.39 bits per heavy atom. The summed E-state index contributed by atoms with van der Waals surface area (Å²) in [5, 5.41) is 3.08. The van der Waals surface area contributed by atoms with Crippen molar-refractivity contribution in [3.63, 3.8) is 0 Å². The molecule has 6 nitrogen and oxygen atoms in total. The van der Waals surface area contributed by atoms with E-state index >= 15 is 0 Å². The van der Waals surface area contributed by atoms with Crippen LogP contribution in [0, 0.1) is 12.7 Å². The molecule has 1 aliphatic heterocycles. The van der Waals surface area contributed by atoms with Gasteiger partial charge in [-0.2, -0.15) is 0 Å². The summed E-state index contributed by atoms with van der Waals surface area (Å²) in [4.78, 5) is 28.8. The highest BCUT2D eigenvalue weighted by atomic mass is 19.1. The molecule has 1 saturated heterocycles. The Hall–Kier alpha value is -2.93. The second-order valence-electron chi connectivity index (χ2n) is 8.14. The third-order valence-corrected chi connectivity index (χ3v) is 5.46. The lowest BCUT2D eigenvalue weighted by molar-refractivity contribution is -0.135. The third kappa shape index (κ3) is 6.28. The van der Waals surface area contributed by atoms with Crippen molar-refractivity contribution in [2.45, 2.75) is 26.7 Å². The summed E-state index contributed by atoms with van der Waals surface area (Å²) in [6.07, 6.45) is 0. The minimum atomic E-state index is -0.346. The molecule has 31 heavy (non-hydrogen) atoms. The highest BCUT2D eigenvalue weighted by molar-refractivity contribution is 5.94. The van der Waals surface area contributed by atoms with E-state index in [0.717, 1.165) is 16.8 Å². The van der Waals surface area contributed by atoms with Gasteiger partial charge >= 0.3 is 0 Å². The molecule has 0 spiro atoms. The number of rotatable bonds is 7. The zero-order chi connectivity index (χ0) is 22.4. The van der Waals surface area contributed by atoms with Gasteiger partial charge in [-0.05, 0) is 48.2 Å². The van der Waals surface area contributed by atoms with Crippen molar-refractivity contribution in [1.29, 1.82) is 0 Å². The SMILES string of the molecule is Cc1cccc(C(C)C)c1NC(=O)CN1CCN(C(=O)COc2ccc(F)cc2)CC1. The normalized spacial score (nSPS) is 14.5. The van der Waals surface area contributed by atoms with Crippen LogP contribution in [0.3, 0.4) is 0 Å². The minimum absolute atomic E-state index is 0.0457. The summed E-state index contributed by atoms with van der Waals surface area (Å²) in [6.45, 7) is 8.76. The highest BCUT2D eigenvalue weighted by Gasteiger charge is 2.23. The largest absolute Gasteiger partial charge is 0.484 e. The molecule has 0 aliphatic carbocycles. The van der Waals surface area contributed by atoms with E-state index in [1.54, 1.807) is 4.90 Å². The lowest BCUT2D eigenvalue weighted by atomic mass is 9.98. The summed E-state index contributed by atoms with van der Waals surface area (Å²) >= 11 is 0. The van der Waals surface area contributed by atoms with Crippen LogP contribution in [0.25, 0.3) is 0 Å². The predicted octanol–water partition coefficient (Wildman–Crippen LogP) is 3.42. The van der Waals surface area contributed by atoms with Gasteiger partial charge in [-0.1, -0.05) is 32.0 Å². The van der Waals surface area contributed by atoms with Crippen LogP contribution in [-0.2, 0) is 9.59 Å². The summed E-state index contributed by atoms with van der Waals surface area (Å²) in [5.74, 6) is 0.274. The summed E-state index contributed by atoms with van der Waals surface area (Å²) in [7, 11) is 0. The second-order valence-corrected chi connectivity index (χ2v) is 8.14. The van der Waals surface area contributed by atoms with Crippen LogP contribution in [0.1, 0.15) is 30.9 Å². The van der Waals surface area contributed by atoms with Crippen molar-refractivity contribution in [2.75, 3.05) is 44.6 Å². The standard InChI is InChI=1S/C24H30FN3O3/c1-17(2)21-6-4-5-18(3)24(21)26-22(29)15-27-11-13-28(14-12-27)23(30)16-31-20-9-7-19(25)8-10-20/h4-10,17H,11-16H2,1-3H3,(H,26,29). The molecule has 2 aromatic rings. The number of hydrogen-bond donors (Lipinski definition) is 1. The van der Waals surface area contributed by atoms with E-state index in [2.05, 4.69) is 19.2 Å². The molecule has 0 unspecified atom stereocenters. The number of hydrogen-bond acceptors (Lipinski definition) is 4. The molecule has 2 aromatic carbocycles. The molecule has 0 aromatic heterocycles. The number of halogens is 1. The first-order chi connectivity index (χ1) is 14.8. The number of nitrogens with one attached hydrogen (secondary N) is 1. The summed E-state index contributed by atoms with van der Waals surface area (Å²) < 4.78 is 18.4. The van der Waals surface area contributed by atoms with Crippen LogP contribution in [0.2, 0.25) is 0 Å². The van der Waals surface area contributed by atoms with Gasteiger partial charge in [0.2, 0.25) is 5.91 Å². The lowest BCUT2D eigenvalue weighted by Gasteiger charge is -2.34. The van der Waals surface area contributed by atoms with Crippen LogP contribution in [0.15, 0.2) is 42.5 Å². The smallest absolute Gasteiger partial charge is 0.260 e. The van der Waals surface area contributed by atoms with Crippen LogP contribution in [0.5, 0.6) is 5.75 Å². The number of amides is 2. The molecule has 0 saturated carbocycles. The van der Waals surface area contributed by atoms with Gasteiger partial charge in [-0.15, -0.1) is 0 Å². The molecular weight excluding hydrogens is 397 g/mol. The maximum Gasteiger partial charge on any atom is 0.260 e. The molecule has 0 atom stereocenters. The van der Waals surface area contributed by atoms with Crippen molar-refractivity contribution in [3.05, 3.63) is 59.4 Å². The van der Waals surface area contributed by atoms with Crippen molar-refractivity contribution in [1.82, 2.24) is 9.80 Å². The van der Waals surface area contributed by atoms with Gasteiger partial charge in [0.25, 0.3) is 5.91 Å². The van der Waals surface area contributed by atoms with E-state index in [1.165, 1.54) is 24.3 Å². The van der Waals surface area contributed by atoms with E-state index in [0.29, 0.717) is 44.4 Å². The fourth-order valence-corrected chi connectivity index (χ4v) is 3.65. The van der Waals surface area contributed by atoms with Gasteiger partial charge in [-0.3, -0.25) is 14.5 Å². The topological polar surface area (TPSA) is 61.9 Å². The molecule has 7 heteroatoms. The molecule has 0 bridgehead atoms. The molecule has 1 aliphatic rings. The van der Waals surface area contributed by atoms with E-state index in [4.69, 9.17) is 4.74 Å². The molecule has 1 fully saturated rings. The van der Waals surface area contributed by atoms with Crippen molar-refractivity contribution in [2.24, 2.45) is 0 Å². The Balaban J connectivity index is 1.45. The molecule has 2 amide bonds. The van der Waals surface area contributed by atoms with Crippen LogP contribution >= 0.6 is 0 Å². The van der Waals surface area contributed by atoms with Gasteiger partial charge in [-0.25, -0.2) is 4.39 Å². The number of piperazine rings is 1. The average Bonchev–Trinajstić information content (AvgIpc) is 2.75. The van der Waals surface area contributed by atoms with Crippen LogP contribution in [-0.4, -0.2) is 60.9 Å². The minimum Gasteiger partial charge on any atom is -0.484 e. The zero-order valence-corrected chi connectivity index (χ0v) is 18.4. The molecular formula is C24H30FN3O3. The zero-order valence-electron chi connectivity index (χ0n) is 18.4. The molecule has 166 valence electrons. The Bertz CT molecular complexity index is 907. The first-order valence-corrected chi connectivity index (χ1v) is 10.6. The van der Waals surface area contributed by atoms with Crippen molar-refractivity contribution in [3.8, 4) is 5.75 Å². The number of anilines is 1. The third-order valence-electron chi connectivity index (χ3n) is 5.46. The fraction of sp³-hybridized carbons (Fsp3) is 0.417. The van der Waals surface area contributed by atoms with Crippen LogP contribution < -0.4 is 10.1 Å². The quantitative estimate of drug-likeness (QED) is 0.736. The molecule has 0 radical (unpaired) electrons. The maximum absolute atomic E-state index is 12.9. The van der Waals surface area contributed by atoms with E-state index < -0.39 is 0 Å². The van der Waals surface area contributed by atoms with Crippen LogP contribution in [0.4, 0.5) is 10.1 Å². The van der Waals surface area contributed by atoms with E-state index in [-0.39, 0.29) is 24.2 Å². The maximum atomic E-state index is 12.9. The summed E-state index contributed by atoms with van der Waals surface area (Å²) in [5.41, 5.74) is 3.08. The van der Waals surface area contributed by atoms with Gasteiger partial charge < -0.3 is 15.0 Å². The Morgan fingerprint density at radius 2 is 1.74 bits per heavy atom. The van der Waals surface area contributed by atoms with Gasteiger partial charge in [0, 0.05) is 31.9 Å². The number of ether oxygens (including phenoxy) is 1. The number of benzene rings is 2. The predicted molar refractivity (Wildman–Crippen MR) is 119 cm³/mol. The fourth-order valence-electron chi connectivity index (χ4n) is 3.65. The van der Waals surface area contributed by atoms with Gasteiger partial charge in [0.15, 0.2) is 6.61 Å². The second kappa shape index (κ2) is 10.4. The highest BCUT2D eigenvalue weighted by Crippen LogP contribution is 2.27. The van der Waals surface area contributed by atoms with Gasteiger partial charge in [0.05, 0.1) is 6.54 Å². The first kappa shape index (κ1) is 22.7. The number of para-hydroxylation sites is 1. The first-order valence-electron chi connectivity index (χ1n) is 10.6. The van der Waals surface area contributed by atoms with E-state index in [1.807, 2.05) is 30.0 Å². The molecule has 3 rings (SSSR count). The number of nitrogens with zero attached hydrogens (tertiary/aromatic N) is 2. The Morgan fingerprint density at radius 1 is 1.06 bits per heavy atom. The number of carbonyl (C=O) groups excluding carboxylic acids is 2. The van der Waals surface area contributed by atoms with Crippen molar-refractivity contribution < 1.29 is 18.7 Å². The number of aryl methyl sites for hydroxylation is 1. The Kier molecular flexibility index (Phi) is 7.63. The monoisotopic (exact) mass is 427 g/mol. The van der Waals surface area contributed by atoms with Crippen molar-refractivity contribution >= 4 is 17.5 Å². The molecule has 1 N–H and O–H groups in total. The summed E-state index contributed by atoms with van der Waals surface area (Å²) in [6, 6.07) is 11.6. The Labute approximate surface area is 183 Å².